The molecular weight excluding hydrogens is 260 g/mol. The van der Waals surface area contributed by atoms with Gasteiger partial charge in [0, 0.05) is 24.0 Å². The number of nitrogens with zero attached hydrogens (tertiary/aromatic N) is 2. The van der Waals surface area contributed by atoms with Gasteiger partial charge in [-0.1, -0.05) is 26.8 Å². The lowest BCUT2D eigenvalue weighted by atomic mass is 9.92. The van der Waals surface area contributed by atoms with Crippen LogP contribution in [0.1, 0.15) is 37.9 Å². The quantitative estimate of drug-likeness (QED) is 0.917. The summed E-state index contributed by atoms with van der Waals surface area (Å²) in [6, 6.07) is 5.18. The summed E-state index contributed by atoms with van der Waals surface area (Å²) in [5, 5.41) is 0. The molecule has 0 saturated heterocycles. The highest BCUT2D eigenvalue weighted by molar-refractivity contribution is 5.34. The van der Waals surface area contributed by atoms with Gasteiger partial charge in [0.15, 0.2) is 0 Å². The summed E-state index contributed by atoms with van der Waals surface area (Å²) >= 11 is 0. The zero-order chi connectivity index (χ0) is 14.9. The fourth-order valence-corrected chi connectivity index (χ4v) is 1.82. The number of hydrogen-bond acceptors (Lipinski definition) is 3. The Hall–Kier alpha value is -2.04. The number of nitrogen functional groups attached to an aromatic ring is 1. The Balaban J connectivity index is 2.36. The normalized spacial score (nSPS) is 11.7. The molecule has 1 aromatic carbocycles. The predicted molar refractivity (Wildman–Crippen MR) is 74.3 cm³/mol. The molecule has 1 aromatic heterocycles. The van der Waals surface area contributed by atoms with Crippen molar-refractivity contribution in [1.29, 1.82) is 0 Å². The van der Waals surface area contributed by atoms with E-state index in [0.29, 0.717) is 17.2 Å². The zero-order valence-electron chi connectivity index (χ0n) is 11.7. The van der Waals surface area contributed by atoms with Crippen molar-refractivity contribution in [2.24, 2.45) is 0 Å². The molecule has 0 aliphatic rings. The predicted octanol–water partition coefficient (Wildman–Crippen LogP) is 3.23. The molecule has 0 unspecified atom stereocenters. The van der Waals surface area contributed by atoms with Crippen molar-refractivity contribution in [3.8, 4) is 0 Å². The largest absolute Gasteiger partial charge is 0.384 e. The molecule has 0 aliphatic heterocycles. The van der Waals surface area contributed by atoms with Gasteiger partial charge in [-0.3, -0.25) is 0 Å². The van der Waals surface area contributed by atoms with Crippen molar-refractivity contribution in [2.75, 3.05) is 5.73 Å². The van der Waals surface area contributed by atoms with Crippen molar-refractivity contribution in [2.45, 2.75) is 32.6 Å². The summed E-state index contributed by atoms with van der Waals surface area (Å²) in [4.78, 5) is 8.52. The molecule has 3 nitrogen and oxygen atoms in total. The summed E-state index contributed by atoms with van der Waals surface area (Å²) in [6.45, 7) is 6.03. The highest BCUT2D eigenvalue weighted by atomic mass is 19.1. The van der Waals surface area contributed by atoms with E-state index >= 15 is 0 Å². The van der Waals surface area contributed by atoms with Gasteiger partial charge in [-0.2, -0.15) is 0 Å². The molecule has 0 fully saturated rings. The maximum Gasteiger partial charge on any atom is 0.135 e. The minimum Gasteiger partial charge on any atom is -0.384 e. The summed E-state index contributed by atoms with van der Waals surface area (Å²) in [6.07, 6.45) is 0.181. The standard InChI is InChI=1S/C15H17F2N3/c1-15(2,3)12-8-13(18)20-14(19-12)6-9-4-5-10(16)7-11(9)17/h4-5,7-8H,6H2,1-3H3,(H2,18,19,20). The van der Waals surface area contributed by atoms with Crippen LogP contribution in [0.2, 0.25) is 0 Å². The van der Waals surface area contributed by atoms with E-state index in [-0.39, 0.29) is 11.8 Å². The van der Waals surface area contributed by atoms with Gasteiger partial charge in [0.05, 0.1) is 5.69 Å². The van der Waals surface area contributed by atoms with Crippen LogP contribution in [-0.2, 0) is 11.8 Å². The van der Waals surface area contributed by atoms with Crippen LogP contribution < -0.4 is 5.73 Å². The third-order valence-corrected chi connectivity index (χ3v) is 2.92. The Morgan fingerprint density at radius 1 is 1.10 bits per heavy atom. The lowest BCUT2D eigenvalue weighted by Gasteiger charge is -2.18. The van der Waals surface area contributed by atoms with E-state index < -0.39 is 11.6 Å². The second kappa shape index (κ2) is 5.15. The topological polar surface area (TPSA) is 51.8 Å². The van der Waals surface area contributed by atoms with Gasteiger partial charge in [-0.05, 0) is 11.6 Å². The average Bonchev–Trinajstić information content (AvgIpc) is 2.31. The molecule has 0 atom stereocenters. The first-order valence-corrected chi connectivity index (χ1v) is 6.33. The number of anilines is 1. The molecule has 1 heterocycles. The molecule has 5 heteroatoms. The van der Waals surface area contributed by atoms with Crippen LogP contribution in [0.4, 0.5) is 14.6 Å². The molecule has 20 heavy (non-hydrogen) atoms. The first kappa shape index (κ1) is 14.4. The Kier molecular flexibility index (Phi) is 3.70. The van der Waals surface area contributed by atoms with E-state index in [9.17, 15) is 8.78 Å². The van der Waals surface area contributed by atoms with E-state index in [1.807, 2.05) is 20.8 Å². The summed E-state index contributed by atoms with van der Waals surface area (Å²) in [5.41, 5.74) is 6.73. The molecule has 106 valence electrons. The van der Waals surface area contributed by atoms with Gasteiger partial charge >= 0.3 is 0 Å². The molecule has 2 rings (SSSR count). The highest BCUT2D eigenvalue weighted by Gasteiger charge is 2.18. The molecule has 0 spiro atoms. The maximum absolute atomic E-state index is 13.6. The van der Waals surface area contributed by atoms with Crippen LogP contribution >= 0.6 is 0 Å². The van der Waals surface area contributed by atoms with Crippen LogP contribution in [0.15, 0.2) is 24.3 Å². The fourth-order valence-electron chi connectivity index (χ4n) is 1.82. The monoisotopic (exact) mass is 277 g/mol. The van der Waals surface area contributed by atoms with Crippen LogP contribution in [0.5, 0.6) is 0 Å². The molecular formula is C15H17F2N3. The minimum atomic E-state index is -0.603. The van der Waals surface area contributed by atoms with Gasteiger partial charge < -0.3 is 5.73 Å². The molecule has 0 aliphatic carbocycles. The Morgan fingerprint density at radius 2 is 1.80 bits per heavy atom. The lowest BCUT2D eigenvalue weighted by Crippen LogP contribution is -2.16. The molecule has 0 amide bonds. The first-order valence-electron chi connectivity index (χ1n) is 6.33. The van der Waals surface area contributed by atoms with E-state index in [1.165, 1.54) is 12.1 Å². The van der Waals surface area contributed by atoms with Crippen LogP contribution in [0, 0.1) is 11.6 Å². The molecule has 0 radical (unpaired) electrons. The van der Waals surface area contributed by atoms with Crippen LogP contribution in [0.25, 0.3) is 0 Å². The SMILES string of the molecule is CC(C)(C)c1cc(N)nc(Cc2ccc(F)cc2F)n1. The lowest BCUT2D eigenvalue weighted by molar-refractivity contribution is 0.560. The minimum absolute atomic E-state index is 0.173. The van der Waals surface area contributed by atoms with Crippen molar-refractivity contribution in [1.82, 2.24) is 9.97 Å². The smallest absolute Gasteiger partial charge is 0.135 e. The Morgan fingerprint density at radius 3 is 2.40 bits per heavy atom. The molecule has 2 N–H and O–H groups in total. The van der Waals surface area contributed by atoms with Crippen molar-refractivity contribution >= 4 is 5.82 Å². The summed E-state index contributed by atoms with van der Waals surface area (Å²) in [7, 11) is 0. The van der Waals surface area contributed by atoms with E-state index in [4.69, 9.17) is 5.73 Å². The number of aromatic nitrogens is 2. The number of hydrogen-bond donors (Lipinski definition) is 1. The van der Waals surface area contributed by atoms with Crippen LogP contribution in [-0.4, -0.2) is 9.97 Å². The van der Waals surface area contributed by atoms with Crippen molar-refractivity contribution in [3.63, 3.8) is 0 Å². The van der Waals surface area contributed by atoms with Gasteiger partial charge in [-0.15, -0.1) is 0 Å². The second-order valence-electron chi connectivity index (χ2n) is 5.76. The van der Waals surface area contributed by atoms with Gasteiger partial charge in [-0.25, -0.2) is 18.7 Å². The van der Waals surface area contributed by atoms with E-state index in [1.54, 1.807) is 6.07 Å². The third kappa shape index (κ3) is 3.29. The highest BCUT2D eigenvalue weighted by Crippen LogP contribution is 2.22. The van der Waals surface area contributed by atoms with Gasteiger partial charge in [0.2, 0.25) is 0 Å². The maximum atomic E-state index is 13.6. The van der Waals surface area contributed by atoms with Crippen molar-refractivity contribution in [3.05, 3.63) is 53.0 Å². The fraction of sp³-hybridized carbons (Fsp3) is 0.333. The first-order chi connectivity index (χ1) is 9.25. The zero-order valence-corrected chi connectivity index (χ0v) is 11.7. The van der Waals surface area contributed by atoms with Gasteiger partial charge in [0.1, 0.15) is 23.3 Å². The summed E-state index contributed by atoms with van der Waals surface area (Å²) < 4.78 is 26.5. The number of rotatable bonds is 2. The molecule has 2 aromatic rings. The van der Waals surface area contributed by atoms with E-state index in [2.05, 4.69) is 9.97 Å². The number of benzene rings is 1. The second-order valence-corrected chi connectivity index (χ2v) is 5.76. The molecule has 0 bridgehead atoms. The van der Waals surface area contributed by atoms with Gasteiger partial charge in [0.25, 0.3) is 0 Å². The summed E-state index contributed by atoms with van der Waals surface area (Å²) in [5.74, 6) is -0.425. The number of halogens is 2. The Bertz CT molecular complexity index is 634. The third-order valence-electron chi connectivity index (χ3n) is 2.92. The van der Waals surface area contributed by atoms with Crippen molar-refractivity contribution < 1.29 is 8.78 Å². The van der Waals surface area contributed by atoms with E-state index in [0.717, 1.165) is 11.8 Å². The van der Waals surface area contributed by atoms with Crippen LogP contribution in [0.3, 0.4) is 0 Å². The molecule has 0 saturated carbocycles. The number of nitrogens with two attached hydrogens (primary N) is 1. The average molecular weight is 277 g/mol. The Labute approximate surface area is 116 Å².